The van der Waals surface area contributed by atoms with E-state index in [0.717, 1.165) is 29.4 Å². The average molecular weight is 1060 g/mol. The van der Waals surface area contributed by atoms with Gasteiger partial charge in [-0.25, -0.2) is 28.8 Å². The standard InChI is InChI=1S/C54H30O12S6/c55-49(56)43-37-25-7-1-19-13-31(25)38(44(43)50(57)58)26-9-3-21(15-32(26)37)69-70-22-5-11-29-35(16-22)41-30-12-6-24(18-36(30)42(29)48(54(65)66)47(41)53(63)64)72-71-23-4-10-28-34(17-23)40-27-8-2-20(68-67-19)14-33(27)39(28)45(51(59)60)46(40)52(61)62/h1-18,37-42H,(H,55,56)(H,57,58)(H,59,60)(H,61,62)(H,63,64)(H,65,66)/t37-,38-,39-,40-,41+,42+/m0/s1. The van der Waals surface area contributed by atoms with E-state index in [2.05, 4.69) is 0 Å². The van der Waals surface area contributed by atoms with Crippen molar-refractivity contribution in [3.05, 3.63) is 209 Å². The molecule has 0 radical (unpaired) electrons. The van der Waals surface area contributed by atoms with Crippen LogP contribution in [0.2, 0.25) is 0 Å². The molecule has 0 aromatic heterocycles. The number of carboxylic acids is 6. The normalized spacial score (nSPS) is 22.3. The summed E-state index contributed by atoms with van der Waals surface area (Å²) in [5, 5.41) is 63.8. The van der Waals surface area contributed by atoms with Crippen molar-refractivity contribution in [1.29, 1.82) is 0 Å². The van der Waals surface area contributed by atoms with E-state index in [1.807, 2.05) is 109 Å². The molecule has 0 fully saturated rings. The van der Waals surface area contributed by atoms with Crippen molar-refractivity contribution < 1.29 is 59.4 Å². The van der Waals surface area contributed by atoms with Gasteiger partial charge in [-0.2, -0.15) is 0 Å². The van der Waals surface area contributed by atoms with Crippen molar-refractivity contribution in [2.75, 3.05) is 0 Å². The first-order valence-corrected chi connectivity index (χ1v) is 28.6. The van der Waals surface area contributed by atoms with Crippen molar-refractivity contribution in [3.63, 3.8) is 0 Å². The minimum absolute atomic E-state index is 0.192. The molecule has 6 aromatic rings. The van der Waals surface area contributed by atoms with Crippen molar-refractivity contribution in [2.45, 2.75) is 64.9 Å². The Morgan fingerprint density at radius 3 is 0.500 bits per heavy atom. The van der Waals surface area contributed by atoms with Gasteiger partial charge in [0.25, 0.3) is 0 Å². The maximum absolute atomic E-state index is 13.1. The van der Waals surface area contributed by atoms with E-state index in [-0.39, 0.29) is 33.4 Å². The monoisotopic (exact) mass is 1060 g/mol. The van der Waals surface area contributed by atoms with Crippen molar-refractivity contribution in [2.24, 2.45) is 0 Å². The van der Waals surface area contributed by atoms with Gasteiger partial charge >= 0.3 is 35.8 Å². The Kier molecular flexibility index (Phi) is 10.4. The second-order valence-corrected chi connectivity index (χ2v) is 25.0. The average Bonchev–Trinajstić information content (AvgIpc) is 3.37. The summed E-state index contributed by atoms with van der Waals surface area (Å²) in [4.78, 5) is 83.0. The Balaban J connectivity index is 0.967. The van der Waals surface area contributed by atoms with Crippen LogP contribution in [0.3, 0.4) is 0 Å². The van der Waals surface area contributed by atoms with Gasteiger partial charge in [-0.15, -0.1) is 0 Å². The van der Waals surface area contributed by atoms with Crippen molar-refractivity contribution >= 4 is 101 Å². The smallest absolute Gasteiger partial charge is 0.333 e. The summed E-state index contributed by atoms with van der Waals surface area (Å²) in [5.74, 6) is -13.2. The topological polar surface area (TPSA) is 224 Å². The molecular formula is C54H30O12S6. The zero-order chi connectivity index (χ0) is 49.8. The second-order valence-electron chi connectivity index (χ2n) is 18.2. The minimum Gasteiger partial charge on any atom is -0.478 e. The molecule has 24 bridgehead atoms. The first kappa shape index (κ1) is 45.3. The van der Waals surface area contributed by atoms with Gasteiger partial charge in [0.1, 0.15) is 0 Å². The fourth-order valence-corrected chi connectivity index (χ4v) is 18.2. The fraction of sp³-hybridized carbons (Fsp3) is 0.111. The van der Waals surface area contributed by atoms with Gasteiger partial charge in [0.15, 0.2) is 0 Å². The summed E-state index contributed by atoms with van der Waals surface area (Å²) in [6, 6.07) is 33.9. The molecule has 12 nitrogen and oxygen atoms in total. The van der Waals surface area contributed by atoms with E-state index in [4.69, 9.17) is 0 Å². The molecule has 6 N–H and O–H groups in total. The van der Waals surface area contributed by atoms with E-state index < -0.39 is 71.3 Å². The summed E-state index contributed by atoms with van der Waals surface area (Å²) in [6.45, 7) is 0. The molecule has 17 aliphatic heterocycles. The number of rotatable bonds is 6. The zero-order valence-electron chi connectivity index (χ0n) is 36.4. The third-order valence-corrected chi connectivity index (χ3v) is 21.9. The summed E-state index contributed by atoms with van der Waals surface area (Å²) in [7, 11) is 8.48. The van der Waals surface area contributed by atoms with Crippen LogP contribution in [0.25, 0.3) is 0 Å². The first-order valence-electron chi connectivity index (χ1n) is 22.2. The van der Waals surface area contributed by atoms with E-state index in [1.54, 1.807) is 0 Å². The maximum atomic E-state index is 13.1. The number of hydrogen-bond acceptors (Lipinski definition) is 12. The molecule has 0 unspecified atom stereocenters. The highest BCUT2D eigenvalue weighted by Gasteiger charge is 2.51. The molecule has 9 aliphatic carbocycles. The molecule has 18 heteroatoms. The van der Waals surface area contributed by atoms with Crippen LogP contribution in [-0.4, -0.2) is 66.5 Å². The number of benzene rings is 6. The van der Waals surface area contributed by atoms with Crippen LogP contribution < -0.4 is 0 Å². The SMILES string of the molecule is O=C(O)C1=C(C(=O)O)[C@@H]2c3ccc4cc3[C@H]1c1ccc(cc12)SSc1ccc2c(c1)[C@H]1C(C(=O)O)=C(C(=O)O)[C@@H]2c2cc(ccc21)SSc1ccc2c(c1)[C@H]1C(C(=O)O)=C(C(=O)O)[C@@H]2c2cc(ccc21)SS4. The van der Waals surface area contributed by atoms with Gasteiger partial charge in [-0.1, -0.05) is 101 Å². The van der Waals surface area contributed by atoms with Crippen molar-refractivity contribution in [1.82, 2.24) is 0 Å². The summed E-state index contributed by atoms with van der Waals surface area (Å²) in [6.07, 6.45) is 0. The first-order chi connectivity index (χ1) is 34.7. The number of aliphatic carboxylic acids is 6. The van der Waals surface area contributed by atoms with E-state index >= 15 is 0 Å². The minimum atomic E-state index is -1.32. The lowest BCUT2D eigenvalue weighted by Gasteiger charge is -2.41. The molecule has 6 atom stereocenters. The Morgan fingerprint density at radius 2 is 0.375 bits per heavy atom. The van der Waals surface area contributed by atoms with Crippen LogP contribution in [-0.2, 0) is 28.8 Å². The van der Waals surface area contributed by atoms with Crippen LogP contribution in [0, 0.1) is 0 Å². The molecule has 0 amide bonds. The van der Waals surface area contributed by atoms with Gasteiger partial charge in [-0.3, -0.25) is 0 Å². The Bertz CT molecular complexity index is 3120. The second kappa shape index (κ2) is 16.5. The van der Waals surface area contributed by atoms with E-state index in [9.17, 15) is 59.4 Å². The van der Waals surface area contributed by atoms with Crippen LogP contribution in [0.15, 0.2) is 172 Å². The quantitative estimate of drug-likeness (QED) is 0.0853. The van der Waals surface area contributed by atoms with Gasteiger partial charge in [0.2, 0.25) is 0 Å². The largest absolute Gasteiger partial charge is 0.478 e. The molecule has 17 heterocycles. The maximum Gasteiger partial charge on any atom is 0.333 e. The fourth-order valence-electron chi connectivity index (χ4n) is 12.2. The van der Waals surface area contributed by atoms with E-state index in [1.165, 1.54) is 64.8 Å². The summed E-state index contributed by atoms with van der Waals surface area (Å²) < 4.78 is 0. The number of carbonyl (C=O) groups is 6. The third-order valence-electron chi connectivity index (χ3n) is 14.8. The lowest BCUT2D eigenvalue weighted by Crippen LogP contribution is -2.34. The summed E-state index contributed by atoms with van der Waals surface area (Å²) in [5.41, 5.74) is 7.07. The zero-order valence-corrected chi connectivity index (χ0v) is 41.3. The van der Waals surface area contributed by atoms with Gasteiger partial charge in [0, 0.05) is 64.9 Å². The highest BCUT2D eigenvalue weighted by Crippen LogP contribution is 2.62. The lowest BCUT2D eigenvalue weighted by atomic mass is 9.61. The van der Waals surface area contributed by atoms with Crippen LogP contribution in [0.1, 0.15) is 102 Å². The molecule has 6 aromatic carbocycles. The summed E-state index contributed by atoms with van der Waals surface area (Å²) >= 11 is 0. The highest BCUT2D eigenvalue weighted by molar-refractivity contribution is 8.77. The van der Waals surface area contributed by atoms with Crippen LogP contribution >= 0.6 is 64.8 Å². The van der Waals surface area contributed by atoms with Gasteiger partial charge in [-0.05, 0) is 140 Å². The van der Waals surface area contributed by atoms with Crippen molar-refractivity contribution in [3.8, 4) is 0 Å². The molecule has 72 heavy (non-hydrogen) atoms. The van der Waals surface area contributed by atoms with Gasteiger partial charge < -0.3 is 30.6 Å². The molecule has 32 rings (SSSR count). The highest BCUT2D eigenvalue weighted by atomic mass is 33.1. The molecule has 26 aliphatic rings. The molecular weight excluding hydrogens is 1030 g/mol. The number of hydrogen-bond donors (Lipinski definition) is 6. The third kappa shape index (κ3) is 6.55. The van der Waals surface area contributed by atoms with Crippen LogP contribution in [0.5, 0.6) is 0 Å². The van der Waals surface area contributed by atoms with Crippen LogP contribution in [0.4, 0.5) is 0 Å². The Morgan fingerprint density at radius 1 is 0.236 bits per heavy atom. The van der Waals surface area contributed by atoms with Gasteiger partial charge in [0.05, 0.1) is 33.4 Å². The number of carboxylic acid groups (broad SMARTS) is 6. The van der Waals surface area contributed by atoms with E-state index in [0.29, 0.717) is 66.8 Å². The Hall–Kier alpha value is -6.54. The Labute approximate surface area is 431 Å². The molecule has 0 saturated heterocycles. The molecule has 0 saturated carbocycles. The predicted octanol–water partition coefficient (Wildman–Crippen LogP) is 11.6. The molecule has 354 valence electrons. The predicted molar refractivity (Wildman–Crippen MR) is 272 cm³/mol. The lowest BCUT2D eigenvalue weighted by molar-refractivity contribution is -0.136. The molecule has 0 spiro atoms.